The van der Waals surface area contributed by atoms with E-state index in [9.17, 15) is 4.79 Å². The van der Waals surface area contributed by atoms with Gasteiger partial charge in [-0.15, -0.1) is 0 Å². The molecule has 0 aliphatic rings. The third-order valence-corrected chi connectivity index (χ3v) is 2.76. The Hall–Kier alpha value is -1.57. The number of amides is 2. The van der Waals surface area contributed by atoms with Crippen LogP contribution in [0.25, 0.3) is 0 Å². The van der Waals surface area contributed by atoms with Crippen molar-refractivity contribution in [2.45, 2.75) is 6.92 Å². The van der Waals surface area contributed by atoms with Crippen molar-refractivity contribution in [2.24, 2.45) is 0 Å². The zero-order valence-electron chi connectivity index (χ0n) is 11.3. The van der Waals surface area contributed by atoms with Crippen molar-refractivity contribution in [1.29, 1.82) is 0 Å². The zero-order chi connectivity index (χ0) is 14.3. The van der Waals surface area contributed by atoms with Crippen molar-refractivity contribution in [3.8, 4) is 0 Å². The number of rotatable bonds is 6. The molecule has 1 heterocycles. The minimum Gasteiger partial charge on any atom is -0.367 e. The number of aromatic nitrogens is 2. The summed E-state index contributed by atoms with van der Waals surface area (Å²) in [6.45, 7) is 3.85. The predicted molar refractivity (Wildman–Crippen MR) is 79.5 cm³/mol. The van der Waals surface area contributed by atoms with E-state index in [1.165, 1.54) is 4.90 Å². The monoisotopic (exact) mass is 330 g/mol. The average molecular weight is 331 g/mol. The van der Waals surface area contributed by atoms with Crippen LogP contribution in [0, 0.1) is 0 Å². The van der Waals surface area contributed by atoms with Gasteiger partial charge in [-0.2, -0.15) is 4.98 Å². The highest BCUT2D eigenvalue weighted by atomic mass is 79.9. The molecular formula is C11H19BrN6O. The van der Waals surface area contributed by atoms with Gasteiger partial charge in [-0.3, -0.25) is 0 Å². The molecule has 0 bridgehead atoms. The molecule has 8 heteroatoms. The number of halogens is 1. The summed E-state index contributed by atoms with van der Waals surface area (Å²) < 4.78 is 0.785. The second-order valence-electron chi connectivity index (χ2n) is 3.97. The van der Waals surface area contributed by atoms with E-state index in [1.54, 1.807) is 20.3 Å². The fourth-order valence-corrected chi connectivity index (χ4v) is 1.57. The lowest BCUT2D eigenvalue weighted by molar-refractivity contribution is 0.218. The van der Waals surface area contributed by atoms with E-state index in [0.717, 1.165) is 11.0 Å². The highest BCUT2D eigenvalue weighted by molar-refractivity contribution is 9.10. The maximum atomic E-state index is 11.3. The normalized spacial score (nSPS) is 9.89. The summed E-state index contributed by atoms with van der Waals surface area (Å²) in [5.41, 5.74) is 0. The Morgan fingerprint density at radius 2 is 2.11 bits per heavy atom. The van der Waals surface area contributed by atoms with Gasteiger partial charge in [0.15, 0.2) is 0 Å². The van der Waals surface area contributed by atoms with Crippen LogP contribution in [0.4, 0.5) is 16.6 Å². The Morgan fingerprint density at radius 1 is 1.37 bits per heavy atom. The molecule has 0 aliphatic carbocycles. The van der Waals surface area contributed by atoms with Gasteiger partial charge in [0.25, 0.3) is 0 Å². The van der Waals surface area contributed by atoms with Crippen molar-refractivity contribution in [2.75, 3.05) is 44.4 Å². The van der Waals surface area contributed by atoms with Crippen LogP contribution in [0.2, 0.25) is 0 Å². The molecule has 0 aliphatic heterocycles. The van der Waals surface area contributed by atoms with Crippen LogP contribution in [0.3, 0.4) is 0 Å². The van der Waals surface area contributed by atoms with Crippen molar-refractivity contribution < 1.29 is 4.79 Å². The summed E-state index contributed by atoms with van der Waals surface area (Å²) in [6.07, 6.45) is 1.69. The summed E-state index contributed by atoms with van der Waals surface area (Å²) in [5, 5.41) is 8.94. The first kappa shape index (κ1) is 15.5. The summed E-state index contributed by atoms with van der Waals surface area (Å²) in [4.78, 5) is 21.2. The Labute approximate surface area is 121 Å². The molecule has 0 unspecified atom stereocenters. The Balaban J connectivity index is 2.44. The lowest BCUT2D eigenvalue weighted by atomic mass is 10.5. The second-order valence-corrected chi connectivity index (χ2v) is 4.83. The number of nitrogens with one attached hydrogen (secondary N) is 3. The van der Waals surface area contributed by atoms with Gasteiger partial charge in [-0.25, -0.2) is 9.78 Å². The number of urea groups is 1. The van der Waals surface area contributed by atoms with Crippen molar-refractivity contribution in [3.63, 3.8) is 0 Å². The molecule has 106 valence electrons. The van der Waals surface area contributed by atoms with E-state index < -0.39 is 0 Å². The molecule has 1 rings (SSSR count). The standard InChI is InChI=1S/C11H19BrN6O/c1-4-13-10-16-7-8(12)9(17-10)14-5-6-15-11(19)18(2)3/h7H,4-6H2,1-3H3,(H,15,19)(H2,13,14,16,17). The molecule has 2 amide bonds. The molecular weight excluding hydrogens is 312 g/mol. The van der Waals surface area contributed by atoms with Gasteiger partial charge in [0.05, 0.1) is 4.47 Å². The summed E-state index contributed by atoms with van der Waals surface area (Å²) in [7, 11) is 3.40. The van der Waals surface area contributed by atoms with Crippen LogP contribution in [0.5, 0.6) is 0 Å². The highest BCUT2D eigenvalue weighted by Crippen LogP contribution is 2.19. The number of nitrogens with zero attached hydrogens (tertiary/aromatic N) is 3. The molecule has 0 fully saturated rings. The minimum atomic E-state index is -0.114. The van der Waals surface area contributed by atoms with E-state index in [-0.39, 0.29) is 6.03 Å². The van der Waals surface area contributed by atoms with Gasteiger partial charge >= 0.3 is 6.03 Å². The molecule has 0 saturated heterocycles. The zero-order valence-corrected chi connectivity index (χ0v) is 12.9. The molecule has 7 nitrogen and oxygen atoms in total. The van der Waals surface area contributed by atoms with Gasteiger partial charge in [-0.05, 0) is 22.9 Å². The average Bonchev–Trinajstić information content (AvgIpc) is 2.38. The predicted octanol–water partition coefficient (Wildman–Crippen LogP) is 1.35. The topological polar surface area (TPSA) is 82.2 Å². The van der Waals surface area contributed by atoms with E-state index in [4.69, 9.17) is 0 Å². The smallest absolute Gasteiger partial charge is 0.316 e. The van der Waals surface area contributed by atoms with E-state index in [1.807, 2.05) is 6.92 Å². The van der Waals surface area contributed by atoms with Gasteiger partial charge in [-0.1, -0.05) is 0 Å². The Bertz CT molecular complexity index is 426. The molecule has 1 aromatic heterocycles. The molecule has 19 heavy (non-hydrogen) atoms. The minimum absolute atomic E-state index is 0.114. The van der Waals surface area contributed by atoms with Crippen molar-refractivity contribution >= 4 is 33.7 Å². The maximum Gasteiger partial charge on any atom is 0.316 e. The SMILES string of the molecule is CCNc1ncc(Br)c(NCCNC(=O)N(C)C)n1. The summed E-state index contributed by atoms with van der Waals surface area (Å²) in [6, 6.07) is -0.114. The fourth-order valence-electron chi connectivity index (χ4n) is 1.24. The lowest BCUT2D eigenvalue weighted by Gasteiger charge is -2.13. The fraction of sp³-hybridized carbons (Fsp3) is 0.545. The van der Waals surface area contributed by atoms with Crippen molar-refractivity contribution in [1.82, 2.24) is 20.2 Å². The van der Waals surface area contributed by atoms with Crippen LogP contribution >= 0.6 is 15.9 Å². The molecule has 1 aromatic rings. The third kappa shape index (κ3) is 5.29. The van der Waals surface area contributed by atoms with E-state index in [0.29, 0.717) is 24.9 Å². The molecule has 0 atom stereocenters. The van der Waals surface area contributed by atoms with E-state index in [2.05, 4.69) is 41.8 Å². The van der Waals surface area contributed by atoms with Crippen LogP contribution < -0.4 is 16.0 Å². The van der Waals surface area contributed by atoms with Gasteiger partial charge in [0.2, 0.25) is 5.95 Å². The first-order chi connectivity index (χ1) is 9.04. The van der Waals surface area contributed by atoms with Crippen LogP contribution in [0.1, 0.15) is 6.92 Å². The largest absolute Gasteiger partial charge is 0.367 e. The first-order valence-corrected chi connectivity index (χ1v) is 6.79. The number of hydrogen-bond donors (Lipinski definition) is 3. The number of hydrogen-bond acceptors (Lipinski definition) is 5. The van der Waals surface area contributed by atoms with Gasteiger partial charge in [0, 0.05) is 39.9 Å². The van der Waals surface area contributed by atoms with Gasteiger partial charge in [0.1, 0.15) is 5.82 Å². The quantitative estimate of drug-likeness (QED) is 0.686. The van der Waals surface area contributed by atoms with Gasteiger partial charge < -0.3 is 20.9 Å². The summed E-state index contributed by atoms with van der Waals surface area (Å²) >= 11 is 3.37. The number of carbonyl (C=O) groups excluding carboxylic acids is 1. The lowest BCUT2D eigenvalue weighted by Crippen LogP contribution is -2.37. The van der Waals surface area contributed by atoms with E-state index >= 15 is 0 Å². The number of carbonyl (C=O) groups is 1. The molecule has 0 aromatic carbocycles. The molecule has 3 N–H and O–H groups in total. The van der Waals surface area contributed by atoms with Crippen LogP contribution in [0.15, 0.2) is 10.7 Å². The Morgan fingerprint density at radius 3 is 2.74 bits per heavy atom. The van der Waals surface area contributed by atoms with Crippen LogP contribution in [-0.4, -0.2) is 54.6 Å². The third-order valence-electron chi connectivity index (χ3n) is 2.18. The maximum absolute atomic E-state index is 11.3. The number of anilines is 2. The highest BCUT2D eigenvalue weighted by Gasteiger charge is 2.05. The Kier molecular flexibility index (Phi) is 6.34. The molecule has 0 saturated carbocycles. The molecule has 0 spiro atoms. The summed E-state index contributed by atoms with van der Waals surface area (Å²) in [5.74, 6) is 1.27. The molecule has 0 radical (unpaired) electrons. The second kappa shape index (κ2) is 7.78. The van der Waals surface area contributed by atoms with Crippen LogP contribution in [-0.2, 0) is 0 Å². The van der Waals surface area contributed by atoms with Crippen molar-refractivity contribution in [3.05, 3.63) is 10.7 Å². The first-order valence-electron chi connectivity index (χ1n) is 6.00.